The van der Waals surface area contributed by atoms with Gasteiger partial charge in [0.15, 0.2) is 5.96 Å². The third-order valence-corrected chi connectivity index (χ3v) is 5.89. The first-order valence-corrected chi connectivity index (χ1v) is 10.5. The van der Waals surface area contributed by atoms with Gasteiger partial charge in [0.25, 0.3) is 0 Å². The van der Waals surface area contributed by atoms with Gasteiger partial charge in [0.05, 0.1) is 5.01 Å². The lowest BCUT2D eigenvalue weighted by atomic mass is 9.92. The summed E-state index contributed by atoms with van der Waals surface area (Å²) in [7, 11) is 1.84. The lowest BCUT2D eigenvalue weighted by Crippen LogP contribution is -2.42. The van der Waals surface area contributed by atoms with Gasteiger partial charge < -0.3 is 15.5 Å². The lowest BCUT2D eigenvalue weighted by molar-refractivity contribution is 0.140. The molecule has 2 unspecified atom stereocenters. The van der Waals surface area contributed by atoms with E-state index in [1.165, 1.54) is 35.9 Å². The Kier molecular flexibility index (Phi) is 11.7. The maximum atomic E-state index is 4.46. The number of likely N-dealkylation sites (tertiary alicyclic amines) is 1. The van der Waals surface area contributed by atoms with Crippen molar-refractivity contribution in [2.24, 2.45) is 16.8 Å². The molecule has 0 aliphatic carbocycles. The maximum Gasteiger partial charge on any atom is 0.190 e. The maximum absolute atomic E-state index is 4.46. The second kappa shape index (κ2) is 12.9. The molecule has 5 nitrogen and oxygen atoms in total. The molecule has 2 N–H and O–H groups in total. The molecule has 1 aliphatic rings. The van der Waals surface area contributed by atoms with Gasteiger partial charge in [-0.1, -0.05) is 20.8 Å². The molecule has 0 bridgehead atoms. The molecule has 0 saturated carbocycles. The molecule has 2 atom stereocenters. The lowest BCUT2D eigenvalue weighted by Gasteiger charge is -2.35. The van der Waals surface area contributed by atoms with Gasteiger partial charge in [-0.3, -0.25) is 4.99 Å². The molecule has 7 heteroatoms. The first-order valence-electron chi connectivity index (χ1n) is 9.71. The van der Waals surface area contributed by atoms with Crippen LogP contribution in [0.15, 0.2) is 11.2 Å². The van der Waals surface area contributed by atoms with Crippen LogP contribution in [0.2, 0.25) is 0 Å². The molecular formula is C19H36IN5S. The Morgan fingerprint density at radius 2 is 1.96 bits per heavy atom. The number of nitrogens with one attached hydrogen (secondary N) is 2. The monoisotopic (exact) mass is 493 g/mol. The van der Waals surface area contributed by atoms with Crippen LogP contribution in [0.3, 0.4) is 0 Å². The minimum absolute atomic E-state index is 0. The Labute approximate surface area is 180 Å². The first-order chi connectivity index (χ1) is 12.1. The summed E-state index contributed by atoms with van der Waals surface area (Å²) in [4.78, 5) is 12.8. The number of nitrogens with zero attached hydrogens (tertiary/aromatic N) is 3. The minimum Gasteiger partial charge on any atom is -0.356 e. The summed E-state index contributed by atoms with van der Waals surface area (Å²) in [5, 5.41) is 8.02. The Hall–Kier alpha value is -0.410. The predicted octanol–water partition coefficient (Wildman–Crippen LogP) is 3.40. The van der Waals surface area contributed by atoms with E-state index in [4.69, 9.17) is 0 Å². The van der Waals surface area contributed by atoms with Crippen molar-refractivity contribution in [2.75, 3.05) is 39.8 Å². The molecule has 1 aliphatic heterocycles. The molecule has 0 aromatic carbocycles. The topological polar surface area (TPSA) is 52.6 Å². The minimum atomic E-state index is 0. The molecule has 2 rings (SSSR count). The number of guanidine groups is 1. The number of hydrogen-bond acceptors (Lipinski definition) is 4. The summed E-state index contributed by atoms with van der Waals surface area (Å²) in [6.07, 6.45) is 6.56. The van der Waals surface area contributed by atoms with Gasteiger partial charge in [0.2, 0.25) is 0 Å². The smallest absolute Gasteiger partial charge is 0.190 e. The van der Waals surface area contributed by atoms with Crippen LogP contribution in [0.1, 0.15) is 43.5 Å². The number of aliphatic imine (C=N–C) groups is 1. The van der Waals surface area contributed by atoms with E-state index in [1.807, 2.05) is 24.6 Å². The molecular weight excluding hydrogens is 457 g/mol. The number of halogens is 1. The Morgan fingerprint density at radius 3 is 2.58 bits per heavy atom. The SMILES string of the molecule is CCc1cnc(CCNC(=NC)NCCCN2CC(C)CC(C)C2)s1.I. The number of thiazole rings is 1. The van der Waals surface area contributed by atoms with Gasteiger partial charge in [-0.2, -0.15) is 0 Å². The van der Waals surface area contributed by atoms with Crippen molar-refractivity contribution in [1.82, 2.24) is 20.5 Å². The molecule has 1 aromatic heterocycles. The fourth-order valence-corrected chi connectivity index (χ4v) is 4.48. The molecule has 1 saturated heterocycles. The highest BCUT2D eigenvalue weighted by atomic mass is 127. The van der Waals surface area contributed by atoms with E-state index < -0.39 is 0 Å². The van der Waals surface area contributed by atoms with Crippen molar-refractivity contribution in [3.63, 3.8) is 0 Å². The van der Waals surface area contributed by atoms with Gasteiger partial charge in [-0.05, 0) is 37.6 Å². The number of hydrogen-bond donors (Lipinski definition) is 2. The van der Waals surface area contributed by atoms with Gasteiger partial charge in [0.1, 0.15) is 0 Å². The van der Waals surface area contributed by atoms with E-state index in [9.17, 15) is 0 Å². The van der Waals surface area contributed by atoms with Crippen molar-refractivity contribution in [3.05, 3.63) is 16.1 Å². The van der Waals surface area contributed by atoms with Crippen LogP contribution in [0, 0.1) is 11.8 Å². The fraction of sp³-hybridized carbons (Fsp3) is 0.789. The summed E-state index contributed by atoms with van der Waals surface area (Å²) in [6.45, 7) is 12.4. The second-order valence-electron chi connectivity index (χ2n) is 7.31. The Balaban J connectivity index is 0.00000338. The van der Waals surface area contributed by atoms with Gasteiger partial charge in [-0.25, -0.2) is 4.98 Å². The van der Waals surface area contributed by atoms with E-state index in [-0.39, 0.29) is 24.0 Å². The summed E-state index contributed by atoms with van der Waals surface area (Å²) < 4.78 is 0. The molecule has 150 valence electrons. The third kappa shape index (κ3) is 8.52. The van der Waals surface area contributed by atoms with Crippen molar-refractivity contribution in [3.8, 4) is 0 Å². The summed E-state index contributed by atoms with van der Waals surface area (Å²) >= 11 is 1.81. The number of rotatable bonds is 8. The van der Waals surface area contributed by atoms with E-state index in [0.717, 1.165) is 50.1 Å². The van der Waals surface area contributed by atoms with Gasteiger partial charge in [-0.15, -0.1) is 35.3 Å². The summed E-state index contributed by atoms with van der Waals surface area (Å²) in [6, 6.07) is 0. The van der Waals surface area contributed by atoms with Crippen LogP contribution in [0.25, 0.3) is 0 Å². The highest BCUT2D eigenvalue weighted by Gasteiger charge is 2.20. The highest BCUT2D eigenvalue weighted by Crippen LogP contribution is 2.20. The highest BCUT2D eigenvalue weighted by molar-refractivity contribution is 14.0. The average Bonchev–Trinajstić information content (AvgIpc) is 3.04. The Morgan fingerprint density at radius 1 is 1.27 bits per heavy atom. The zero-order valence-corrected chi connectivity index (χ0v) is 19.9. The summed E-state index contributed by atoms with van der Waals surface area (Å²) in [5.41, 5.74) is 0. The van der Waals surface area contributed by atoms with E-state index in [0.29, 0.717) is 0 Å². The Bertz CT molecular complexity index is 524. The van der Waals surface area contributed by atoms with Crippen LogP contribution < -0.4 is 10.6 Å². The van der Waals surface area contributed by atoms with Gasteiger partial charge in [0, 0.05) is 50.7 Å². The largest absolute Gasteiger partial charge is 0.356 e. The van der Waals surface area contributed by atoms with E-state index in [1.54, 1.807) is 0 Å². The van der Waals surface area contributed by atoms with E-state index >= 15 is 0 Å². The molecule has 1 aromatic rings. The summed E-state index contributed by atoms with van der Waals surface area (Å²) in [5.74, 6) is 2.57. The van der Waals surface area contributed by atoms with Crippen LogP contribution in [0.5, 0.6) is 0 Å². The van der Waals surface area contributed by atoms with Crippen molar-refractivity contribution >= 4 is 41.3 Å². The van der Waals surface area contributed by atoms with Crippen molar-refractivity contribution in [2.45, 2.75) is 46.5 Å². The quantitative estimate of drug-likeness (QED) is 0.252. The number of piperidine rings is 1. The molecule has 1 fully saturated rings. The molecule has 0 radical (unpaired) electrons. The standard InChI is InChI=1S/C19H35N5S.HI/c1-5-17-12-23-18(25-17)7-9-22-19(20-4)21-8-6-10-24-13-15(2)11-16(3)14-24;/h12,15-16H,5-11,13-14H2,1-4H3,(H2,20,21,22);1H. The first kappa shape index (κ1) is 23.6. The van der Waals surface area contributed by atoms with Crippen LogP contribution in [-0.2, 0) is 12.8 Å². The molecule has 0 amide bonds. The zero-order valence-electron chi connectivity index (χ0n) is 16.8. The zero-order chi connectivity index (χ0) is 18.1. The fourth-order valence-electron chi connectivity index (χ4n) is 3.62. The average molecular weight is 494 g/mol. The van der Waals surface area contributed by atoms with Crippen molar-refractivity contribution in [1.29, 1.82) is 0 Å². The van der Waals surface area contributed by atoms with Crippen LogP contribution >= 0.6 is 35.3 Å². The second-order valence-corrected chi connectivity index (χ2v) is 8.51. The van der Waals surface area contributed by atoms with Crippen LogP contribution in [0.4, 0.5) is 0 Å². The predicted molar refractivity (Wildman–Crippen MR) is 124 cm³/mol. The van der Waals surface area contributed by atoms with Gasteiger partial charge >= 0.3 is 0 Å². The molecule has 26 heavy (non-hydrogen) atoms. The van der Waals surface area contributed by atoms with Crippen molar-refractivity contribution < 1.29 is 0 Å². The molecule has 2 heterocycles. The normalized spacial score (nSPS) is 21.3. The number of aryl methyl sites for hydroxylation is 1. The number of aromatic nitrogens is 1. The van der Waals surface area contributed by atoms with Crippen LogP contribution in [-0.4, -0.2) is 55.6 Å². The third-order valence-electron chi connectivity index (χ3n) is 4.69. The molecule has 0 spiro atoms. The van der Waals surface area contributed by atoms with E-state index in [2.05, 4.69) is 46.3 Å².